The maximum absolute atomic E-state index is 11.8. The fourth-order valence-electron chi connectivity index (χ4n) is 1.47. The van der Waals surface area contributed by atoms with Crippen LogP contribution in [0.1, 0.15) is 32.6 Å². The van der Waals surface area contributed by atoms with Crippen molar-refractivity contribution in [2.24, 2.45) is 5.92 Å². The van der Waals surface area contributed by atoms with Gasteiger partial charge in [-0.25, -0.2) is 0 Å². The van der Waals surface area contributed by atoms with E-state index < -0.39 is 18.7 Å². The molecule has 0 radical (unpaired) electrons. The molecule has 2 atom stereocenters. The van der Waals surface area contributed by atoms with E-state index >= 15 is 0 Å². The molecule has 0 amide bonds. The van der Waals surface area contributed by atoms with Crippen LogP contribution in [0.3, 0.4) is 0 Å². The molecule has 15 heavy (non-hydrogen) atoms. The molecule has 0 aromatic heterocycles. The lowest BCUT2D eigenvalue weighted by Crippen LogP contribution is -2.16. The second kappa shape index (κ2) is 7.06. The molecule has 0 bridgehead atoms. The first-order valence-electron chi connectivity index (χ1n) is 5.09. The average molecular weight is 228 g/mol. The van der Waals surface area contributed by atoms with Gasteiger partial charge in [-0.15, -0.1) is 0 Å². The first-order valence-corrected chi connectivity index (χ1v) is 5.09. The van der Waals surface area contributed by atoms with Gasteiger partial charge in [0.1, 0.15) is 0 Å². The number of methoxy groups -OCH3 is 1. The third kappa shape index (κ3) is 10.0. The molecule has 0 fully saturated rings. The number of alkyl halides is 3. The standard InChI is InChI=1S/C10H19F3O2/c1-8(7-15-2)6-9(14)4-3-5-10(11,12)13/h8-9,14H,3-7H2,1-2H3. The number of aliphatic hydroxyl groups is 1. The topological polar surface area (TPSA) is 29.5 Å². The van der Waals surface area contributed by atoms with Gasteiger partial charge in [-0.2, -0.15) is 13.2 Å². The van der Waals surface area contributed by atoms with E-state index in [4.69, 9.17) is 4.74 Å². The third-order valence-corrected chi connectivity index (χ3v) is 2.12. The highest BCUT2D eigenvalue weighted by Gasteiger charge is 2.26. The Hall–Kier alpha value is -0.290. The molecular weight excluding hydrogens is 209 g/mol. The number of ether oxygens (including phenoxy) is 1. The first-order chi connectivity index (χ1) is 6.85. The molecule has 0 spiro atoms. The van der Waals surface area contributed by atoms with Crippen molar-refractivity contribution in [2.45, 2.75) is 44.9 Å². The highest BCUT2D eigenvalue weighted by atomic mass is 19.4. The van der Waals surface area contributed by atoms with E-state index in [0.717, 1.165) is 0 Å². The van der Waals surface area contributed by atoms with Gasteiger partial charge in [0.2, 0.25) is 0 Å². The summed E-state index contributed by atoms with van der Waals surface area (Å²) in [5.41, 5.74) is 0. The normalized spacial score (nSPS) is 16.4. The molecule has 2 nitrogen and oxygen atoms in total. The third-order valence-electron chi connectivity index (χ3n) is 2.12. The zero-order valence-corrected chi connectivity index (χ0v) is 9.18. The van der Waals surface area contributed by atoms with Crippen LogP contribution in [0.4, 0.5) is 13.2 Å². The summed E-state index contributed by atoms with van der Waals surface area (Å²) in [4.78, 5) is 0. The van der Waals surface area contributed by atoms with E-state index in [1.165, 1.54) is 0 Å². The second-order valence-corrected chi connectivity index (χ2v) is 3.96. The number of rotatable bonds is 7. The Bertz CT molecular complexity index is 159. The van der Waals surface area contributed by atoms with Gasteiger partial charge in [0.05, 0.1) is 6.10 Å². The fraction of sp³-hybridized carbons (Fsp3) is 1.00. The van der Waals surface area contributed by atoms with Crippen LogP contribution in [0.15, 0.2) is 0 Å². The summed E-state index contributed by atoms with van der Waals surface area (Å²) >= 11 is 0. The van der Waals surface area contributed by atoms with Crippen molar-refractivity contribution < 1.29 is 23.0 Å². The molecule has 0 saturated carbocycles. The van der Waals surface area contributed by atoms with E-state index in [0.29, 0.717) is 13.0 Å². The van der Waals surface area contributed by atoms with Crippen LogP contribution in [-0.2, 0) is 4.74 Å². The summed E-state index contributed by atoms with van der Waals surface area (Å²) in [6.45, 7) is 2.42. The molecule has 2 unspecified atom stereocenters. The Morgan fingerprint density at radius 1 is 1.33 bits per heavy atom. The number of hydrogen-bond acceptors (Lipinski definition) is 2. The SMILES string of the molecule is COCC(C)CC(O)CCCC(F)(F)F. The summed E-state index contributed by atoms with van der Waals surface area (Å²) in [6, 6.07) is 0. The van der Waals surface area contributed by atoms with E-state index in [-0.39, 0.29) is 18.8 Å². The van der Waals surface area contributed by atoms with E-state index in [1.54, 1.807) is 7.11 Å². The number of aliphatic hydroxyl groups excluding tert-OH is 1. The Balaban J connectivity index is 3.53. The molecule has 0 aromatic rings. The molecule has 0 aliphatic rings. The predicted octanol–water partition coefficient (Wildman–Crippen LogP) is 2.75. The molecule has 5 heteroatoms. The van der Waals surface area contributed by atoms with Crippen LogP contribution in [0, 0.1) is 5.92 Å². The summed E-state index contributed by atoms with van der Waals surface area (Å²) in [7, 11) is 1.56. The summed E-state index contributed by atoms with van der Waals surface area (Å²) in [5, 5.41) is 9.42. The van der Waals surface area contributed by atoms with Crippen molar-refractivity contribution in [2.75, 3.05) is 13.7 Å². The van der Waals surface area contributed by atoms with Crippen molar-refractivity contribution >= 4 is 0 Å². The Kier molecular flexibility index (Phi) is 6.92. The minimum absolute atomic E-state index is 0.00955. The van der Waals surface area contributed by atoms with Gasteiger partial charge in [-0.05, 0) is 25.2 Å². The summed E-state index contributed by atoms with van der Waals surface area (Å²) in [6.07, 6.45) is -4.90. The van der Waals surface area contributed by atoms with Crippen molar-refractivity contribution in [3.63, 3.8) is 0 Å². The maximum atomic E-state index is 11.8. The molecule has 0 aliphatic heterocycles. The largest absolute Gasteiger partial charge is 0.393 e. The van der Waals surface area contributed by atoms with Gasteiger partial charge in [0, 0.05) is 20.1 Å². The molecule has 0 aromatic carbocycles. The van der Waals surface area contributed by atoms with Crippen molar-refractivity contribution in [1.82, 2.24) is 0 Å². The van der Waals surface area contributed by atoms with E-state index in [9.17, 15) is 18.3 Å². The van der Waals surface area contributed by atoms with Crippen LogP contribution in [0.2, 0.25) is 0 Å². The lowest BCUT2D eigenvalue weighted by molar-refractivity contribution is -0.136. The average Bonchev–Trinajstić information content (AvgIpc) is 2.01. The second-order valence-electron chi connectivity index (χ2n) is 3.96. The van der Waals surface area contributed by atoms with Crippen LogP contribution >= 0.6 is 0 Å². The predicted molar refractivity (Wildman–Crippen MR) is 51.6 cm³/mol. The van der Waals surface area contributed by atoms with E-state index in [1.807, 2.05) is 6.92 Å². The molecule has 0 saturated heterocycles. The van der Waals surface area contributed by atoms with Gasteiger partial charge < -0.3 is 9.84 Å². The van der Waals surface area contributed by atoms with Crippen LogP contribution < -0.4 is 0 Å². The lowest BCUT2D eigenvalue weighted by Gasteiger charge is -2.15. The monoisotopic (exact) mass is 228 g/mol. The van der Waals surface area contributed by atoms with Crippen LogP contribution in [-0.4, -0.2) is 31.1 Å². The quantitative estimate of drug-likeness (QED) is 0.726. The van der Waals surface area contributed by atoms with Crippen molar-refractivity contribution in [3.05, 3.63) is 0 Å². The highest BCUT2D eigenvalue weighted by Crippen LogP contribution is 2.23. The van der Waals surface area contributed by atoms with Crippen molar-refractivity contribution in [1.29, 1.82) is 0 Å². The maximum Gasteiger partial charge on any atom is 0.389 e. The molecular formula is C10H19F3O2. The van der Waals surface area contributed by atoms with Crippen molar-refractivity contribution in [3.8, 4) is 0 Å². The van der Waals surface area contributed by atoms with E-state index in [2.05, 4.69) is 0 Å². The van der Waals surface area contributed by atoms with Gasteiger partial charge in [0.15, 0.2) is 0 Å². The minimum Gasteiger partial charge on any atom is -0.393 e. The summed E-state index contributed by atoms with van der Waals surface area (Å²) < 4.78 is 40.2. The van der Waals surface area contributed by atoms with Crippen LogP contribution in [0.5, 0.6) is 0 Å². The zero-order valence-electron chi connectivity index (χ0n) is 9.18. The lowest BCUT2D eigenvalue weighted by atomic mass is 10.0. The minimum atomic E-state index is -4.11. The Labute approximate surface area is 88.4 Å². The Morgan fingerprint density at radius 3 is 2.40 bits per heavy atom. The Morgan fingerprint density at radius 2 is 1.93 bits per heavy atom. The van der Waals surface area contributed by atoms with Gasteiger partial charge in [0.25, 0.3) is 0 Å². The van der Waals surface area contributed by atoms with Gasteiger partial charge in [-0.3, -0.25) is 0 Å². The molecule has 0 rings (SSSR count). The first kappa shape index (κ1) is 14.7. The van der Waals surface area contributed by atoms with Crippen LogP contribution in [0.25, 0.3) is 0 Å². The molecule has 0 heterocycles. The van der Waals surface area contributed by atoms with Gasteiger partial charge in [-0.1, -0.05) is 6.92 Å². The molecule has 1 N–H and O–H groups in total. The smallest absolute Gasteiger partial charge is 0.389 e. The number of hydrogen-bond donors (Lipinski definition) is 1. The molecule has 0 aliphatic carbocycles. The van der Waals surface area contributed by atoms with Gasteiger partial charge >= 0.3 is 6.18 Å². The molecule has 92 valence electrons. The number of halogens is 3. The fourth-order valence-corrected chi connectivity index (χ4v) is 1.47. The zero-order chi connectivity index (χ0) is 11.9. The highest BCUT2D eigenvalue weighted by molar-refractivity contribution is 4.62. The summed E-state index contributed by atoms with van der Waals surface area (Å²) in [5.74, 6) is 0.177.